The minimum absolute atomic E-state index is 0.744. The van der Waals surface area contributed by atoms with Gasteiger partial charge in [0.25, 0.3) is 0 Å². The van der Waals surface area contributed by atoms with Crippen LogP contribution in [0.4, 0.5) is 0 Å². The van der Waals surface area contributed by atoms with E-state index in [-0.39, 0.29) is 0 Å². The molecule has 1 aromatic rings. The van der Waals surface area contributed by atoms with Gasteiger partial charge in [-0.1, -0.05) is 33.6 Å². The summed E-state index contributed by atoms with van der Waals surface area (Å²) in [5, 5.41) is 4.98. The lowest BCUT2D eigenvalue weighted by atomic mass is 9.81. The normalized spacial score (nSPS) is 22.6. The highest BCUT2D eigenvalue weighted by Gasteiger charge is 2.24. The smallest absolute Gasteiger partial charge is 0.0962 e. The molecule has 1 saturated carbocycles. The van der Waals surface area contributed by atoms with Crippen LogP contribution in [-0.4, -0.2) is 11.5 Å². The Bertz CT molecular complexity index is 405. The van der Waals surface area contributed by atoms with E-state index in [0.29, 0.717) is 0 Å². The molecule has 21 heavy (non-hydrogen) atoms. The van der Waals surface area contributed by atoms with Crippen LogP contribution in [0, 0.1) is 5.92 Å². The van der Waals surface area contributed by atoms with Crippen molar-refractivity contribution in [3.05, 3.63) is 15.6 Å². The number of nitrogens with zero attached hydrogens (tertiary/aromatic N) is 1. The summed E-state index contributed by atoms with van der Waals surface area (Å²) in [7, 11) is 0. The van der Waals surface area contributed by atoms with Gasteiger partial charge < -0.3 is 5.32 Å². The van der Waals surface area contributed by atoms with Gasteiger partial charge >= 0.3 is 0 Å². The highest BCUT2D eigenvalue weighted by atomic mass is 32.1. The molecule has 0 aromatic carbocycles. The van der Waals surface area contributed by atoms with Gasteiger partial charge in [0.2, 0.25) is 0 Å². The molecule has 1 aliphatic rings. The molecule has 0 saturated heterocycles. The Morgan fingerprint density at radius 1 is 1.10 bits per heavy atom. The molecule has 1 N–H and O–H groups in total. The lowest BCUT2D eigenvalue weighted by Crippen LogP contribution is -2.13. The SMILES string of the molecule is CCCNCc1sc(C2CCC(CC)CC2)nc1CCC. The maximum absolute atomic E-state index is 5.03. The first-order valence-corrected chi connectivity index (χ1v) is 9.79. The summed E-state index contributed by atoms with van der Waals surface area (Å²) < 4.78 is 0. The highest BCUT2D eigenvalue weighted by molar-refractivity contribution is 7.11. The van der Waals surface area contributed by atoms with Gasteiger partial charge in [-0.3, -0.25) is 0 Å². The van der Waals surface area contributed by atoms with Crippen molar-refractivity contribution in [3.8, 4) is 0 Å². The third kappa shape index (κ3) is 4.79. The first-order chi connectivity index (χ1) is 10.3. The van der Waals surface area contributed by atoms with Gasteiger partial charge in [-0.15, -0.1) is 11.3 Å². The summed E-state index contributed by atoms with van der Waals surface area (Å²) in [6.45, 7) is 8.95. The van der Waals surface area contributed by atoms with E-state index < -0.39 is 0 Å². The number of thiazole rings is 1. The molecule has 1 aromatic heterocycles. The number of hydrogen-bond acceptors (Lipinski definition) is 3. The van der Waals surface area contributed by atoms with Gasteiger partial charge in [0.05, 0.1) is 10.7 Å². The van der Waals surface area contributed by atoms with Crippen molar-refractivity contribution in [3.63, 3.8) is 0 Å². The predicted molar refractivity (Wildman–Crippen MR) is 93.1 cm³/mol. The lowest BCUT2D eigenvalue weighted by molar-refractivity contribution is 0.318. The third-order valence-electron chi connectivity index (χ3n) is 4.77. The molecular formula is C18H32N2S. The fourth-order valence-electron chi connectivity index (χ4n) is 3.34. The number of aryl methyl sites for hydroxylation is 1. The standard InChI is InChI=1S/C18H32N2S/c1-4-7-16-17(13-19-12-5-2)21-18(20-16)15-10-8-14(6-3)9-11-15/h14-15,19H,4-13H2,1-3H3. The van der Waals surface area contributed by atoms with Gasteiger partial charge in [-0.2, -0.15) is 0 Å². The molecule has 2 rings (SSSR count). The molecule has 1 aliphatic carbocycles. The first kappa shape index (κ1) is 17.0. The van der Waals surface area contributed by atoms with Crippen molar-refractivity contribution in [2.75, 3.05) is 6.54 Å². The minimum atomic E-state index is 0.744. The average molecular weight is 309 g/mol. The first-order valence-electron chi connectivity index (χ1n) is 8.97. The topological polar surface area (TPSA) is 24.9 Å². The molecule has 0 bridgehead atoms. The fraction of sp³-hybridized carbons (Fsp3) is 0.833. The largest absolute Gasteiger partial charge is 0.312 e. The molecule has 0 radical (unpaired) electrons. The molecule has 3 heteroatoms. The minimum Gasteiger partial charge on any atom is -0.312 e. The van der Waals surface area contributed by atoms with Crippen molar-refractivity contribution < 1.29 is 0 Å². The van der Waals surface area contributed by atoms with Crippen LogP contribution in [0.25, 0.3) is 0 Å². The fourth-order valence-corrected chi connectivity index (χ4v) is 4.59. The number of rotatable bonds is 8. The maximum atomic E-state index is 5.03. The van der Waals surface area contributed by atoms with Crippen molar-refractivity contribution >= 4 is 11.3 Å². The Morgan fingerprint density at radius 3 is 2.48 bits per heavy atom. The van der Waals surface area contributed by atoms with Crippen LogP contribution < -0.4 is 5.32 Å². The summed E-state index contributed by atoms with van der Waals surface area (Å²) in [5.74, 6) is 1.72. The highest BCUT2D eigenvalue weighted by Crippen LogP contribution is 2.39. The monoisotopic (exact) mass is 308 g/mol. The number of hydrogen-bond donors (Lipinski definition) is 1. The number of nitrogens with one attached hydrogen (secondary N) is 1. The zero-order chi connectivity index (χ0) is 15.1. The molecule has 2 nitrogen and oxygen atoms in total. The molecule has 0 spiro atoms. The summed E-state index contributed by atoms with van der Waals surface area (Å²) in [6.07, 6.45) is 10.4. The Kier molecular flexibility index (Phi) is 7.18. The van der Waals surface area contributed by atoms with E-state index >= 15 is 0 Å². The van der Waals surface area contributed by atoms with E-state index in [0.717, 1.165) is 31.3 Å². The van der Waals surface area contributed by atoms with Crippen molar-refractivity contribution in [2.45, 2.75) is 84.6 Å². The Hall–Kier alpha value is -0.410. The molecular weight excluding hydrogens is 276 g/mol. The third-order valence-corrected chi connectivity index (χ3v) is 6.03. The zero-order valence-electron chi connectivity index (χ0n) is 14.1. The van der Waals surface area contributed by atoms with E-state index in [1.807, 2.05) is 11.3 Å². The molecule has 1 fully saturated rings. The van der Waals surface area contributed by atoms with Gasteiger partial charge in [0, 0.05) is 17.3 Å². The van der Waals surface area contributed by atoms with E-state index in [2.05, 4.69) is 26.1 Å². The van der Waals surface area contributed by atoms with Gasteiger partial charge in [-0.25, -0.2) is 4.98 Å². The summed E-state index contributed by atoms with van der Waals surface area (Å²) in [5.41, 5.74) is 1.37. The van der Waals surface area contributed by atoms with Crippen LogP contribution in [0.5, 0.6) is 0 Å². The van der Waals surface area contributed by atoms with Crippen LogP contribution in [0.3, 0.4) is 0 Å². The van der Waals surface area contributed by atoms with Crippen molar-refractivity contribution in [1.29, 1.82) is 0 Å². The zero-order valence-corrected chi connectivity index (χ0v) is 14.9. The molecule has 0 atom stereocenters. The van der Waals surface area contributed by atoms with Crippen LogP contribution in [0.2, 0.25) is 0 Å². The van der Waals surface area contributed by atoms with Crippen LogP contribution >= 0.6 is 11.3 Å². The second kappa shape index (κ2) is 8.89. The van der Waals surface area contributed by atoms with Gasteiger partial charge in [0.1, 0.15) is 0 Å². The molecule has 1 heterocycles. The van der Waals surface area contributed by atoms with E-state index in [4.69, 9.17) is 4.98 Å². The van der Waals surface area contributed by atoms with E-state index in [1.165, 1.54) is 60.5 Å². The van der Waals surface area contributed by atoms with Crippen LogP contribution in [-0.2, 0) is 13.0 Å². The van der Waals surface area contributed by atoms with Crippen LogP contribution in [0.15, 0.2) is 0 Å². The van der Waals surface area contributed by atoms with Crippen LogP contribution in [0.1, 0.15) is 87.2 Å². The molecule has 0 aliphatic heterocycles. The van der Waals surface area contributed by atoms with Gasteiger partial charge in [-0.05, 0) is 51.0 Å². The van der Waals surface area contributed by atoms with E-state index in [1.54, 1.807) is 0 Å². The lowest BCUT2D eigenvalue weighted by Gasteiger charge is -2.26. The average Bonchev–Trinajstić information content (AvgIpc) is 2.91. The predicted octanol–water partition coefficient (Wildman–Crippen LogP) is 5.28. The Labute approximate surface area is 134 Å². The maximum Gasteiger partial charge on any atom is 0.0962 e. The molecule has 120 valence electrons. The number of aromatic nitrogens is 1. The quantitative estimate of drug-likeness (QED) is 0.661. The second-order valence-electron chi connectivity index (χ2n) is 6.47. The summed E-state index contributed by atoms with van der Waals surface area (Å²) >= 11 is 1.99. The summed E-state index contributed by atoms with van der Waals surface area (Å²) in [6, 6.07) is 0. The van der Waals surface area contributed by atoms with E-state index in [9.17, 15) is 0 Å². The Morgan fingerprint density at radius 2 is 1.86 bits per heavy atom. The van der Waals surface area contributed by atoms with Gasteiger partial charge in [0.15, 0.2) is 0 Å². The molecule has 0 unspecified atom stereocenters. The molecule has 0 amide bonds. The van der Waals surface area contributed by atoms with Crippen molar-refractivity contribution in [1.82, 2.24) is 10.3 Å². The van der Waals surface area contributed by atoms with Crippen molar-refractivity contribution in [2.24, 2.45) is 5.92 Å². The second-order valence-corrected chi connectivity index (χ2v) is 7.59. The Balaban J connectivity index is 2.00. The summed E-state index contributed by atoms with van der Waals surface area (Å²) in [4.78, 5) is 6.53.